The maximum atomic E-state index is 6.95. The average molecular weight is 1240 g/mol. The maximum Gasteiger partial charge on any atom is 0.252 e. The van der Waals surface area contributed by atoms with E-state index in [1.807, 2.05) is 11.3 Å². The number of nitrogens with zero attached hydrogens (tertiary/aromatic N) is 3. The predicted octanol–water partition coefficient (Wildman–Crippen LogP) is 23.1. The van der Waals surface area contributed by atoms with E-state index in [1.165, 1.54) is 52.9 Å². The molecule has 96 heavy (non-hydrogen) atoms. The van der Waals surface area contributed by atoms with Crippen LogP contribution < -0.4 is 26.2 Å². The molecule has 0 saturated carbocycles. The zero-order chi connectivity index (χ0) is 63.0. The zero-order valence-corrected chi connectivity index (χ0v) is 52.9. The molecule has 446 valence electrons. The molecule has 0 atom stereocenters. The molecule has 2 aliphatic rings. The molecular formula is C90H56BN3OS. The normalized spacial score (nSPS) is 12.5. The fraction of sp³-hybridized carbons (Fsp3) is 0. The van der Waals surface area contributed by atoms with Crippen molar-refractivity contribution in [1.82, 2.24) is 4.57 Å². The summed E-state index contributed by atoms with van der Waals surface area (Å²) in [5, 5.41) is 7.17. The van der Waals surface area contributed by atoms with Crippen molar-refractivity contribution in [1.29, 1.82) is 0 Å². The van der Waals surface area contributed by atoms with Gasteiger partial charge in [-0.05, 0) is 116 Å². The first kappa shape index (κ1) is 54.4. The largest absolute Gasteiger partial charge is 0.455 e. The minimum Gasteiger partial charge on any atom is -0.455 e. The molecule has 5 heterocycles. The Hall–Kier alpha value is -12.2. The van der Waals surface area contributed by atoms with Gasteiger partial charge in [-0.3, -0.25) is 0 Å². The van der Waals surface area contributed by atoms with Gasteiger partial charge in [-0.2, -0.15) is 0 Å². The van der Waals surface area contributed by atoms with Gasteiger partial charge in [0, 0.05) is 92.3 Å². The van der Waals surface area contributed by atoms with Gasteiger partial charge in [-0.15, -0.1) is 11.3 Å². The van der Waals surface area contributed by atoms with E-state index >= 15 is 0 Å². The van der Waals surface area contributed by atoms with Crippen LogP contribution in [-0.4, -0.2) is 11.3 Å². The van der Waals surface area contributed by atoms with Crippen LogP contribution in [0.5, 0.6) is 0 Å². The van der Waals surface area contributed by atoms with Crippen LogP contribution in [0.1, 0.15) is 0 Å². The van der Waals surface area contributed by atoms with Gasteiger partial charge in [0.25, 0.3) is 6.71 Å². The molecule has 0 fully saturated rings. The molecule has 0 aliphatic carbocycles. The number of thiophene rings is 1. The fourth-order valence-electron chi connectivity index (χ4n) is 16.0. The molecule has 0 radical (unpaired) electrons. The van der Waals surface area contributed by atoms with Gasteiger partial charge in [0.15, 0.2) is 0 Å². The Morgan fingerprint density at radius 1 is 0.271 bits per heavy atom. The zero-order valence-electron chi connectivity index (χ0n) is 52.1. The molecule has 18 aromatic rings. The first-order valence-corrected chi connectivity index (χ1v) is 33.8. The van der Waals surface area contributed by atoms with Crippen molar-refractivity contribution in [2.45, 2.75) is 0 Å². The number of rotatable bonds is 9. The Balaban J connectivity index is 0.970. The van der Waals surface area contributed by atoms with E-state index in [0.717, 1.165) is 134 Å². The molecule has 3 aromatic heterocycles. The number of hydrogen-bond acceptors (Lipinski definition) is 4. The molecule has 6 heteroatoms. The number of furan rings is 1. The van der Waals surface area contributed by atoms with Gasteiger partial charge in [0.05, 0.1) is 28.1 Å². The summed E-state index contributed by atoms with van der Waals surface area (Å²) in [4.78, 5) is 5.33. The molecule has 0 saturated heterocycles. The molecule has 0 bridgehead atoms. The Bertz CT molecular complexity index is 6000. The van der Waals surface area contributed by atoms with Crippen LogP contribution in [0.3, 0.4) is 0 Å². The van der Waals surface area contributed by atoms with E-state index in [4.69, 9.17) is 4.42 Å². The van der Waals surface area contributed by atoms with Gasteiger partial charge in [-0.25, -0.2) is 0 Å². The van der Waals surface area contributed by atoms with Crippen LogP contribution in [-0.2, 0) is 0 Å². The maximum absolute atomic E-state index is 6.95. The summed E-state index contributed by atoms with van der Waals surface area (Å²) in [5.74, 6) is 0. The highest BCUT2D eigenvalue weighted by molar-refractivity contribution is 7.25. The standard InChI is InChI=1S/C90H56BN3OS/c1-5-24-57(25-6-1)65-36-21-37-66(58-26-7-2-8-27-58)88(65)93-80-50-47-63(69-40-23-41-74-72-34-15-19-44-84(72)95-90(69)74)53-77(80)91-76-49-46-62(61-48-51-86-75(52-61)73-35-16-20-45-85(73)96-86)54-81(76)94(89-67(59-28-9-3-10-29-59)38-22-39-68(89)60-30-11-4-12-31-60)83-56-64(55-82(93)87(83)91)92-78-42-17-13-32-70(78)71-33-14-18-43-79(71)92/h1-56H. The summed E-state index contributed by atoms with van der Waals surface area (Å²) in [7, 11) is 0. The Kier molecular flexibility index (Phi) is 12.3. The number of benzene rings is 15. The van der Waals surface area contributed by atoms with E-state index in [0.29, 0.717) is 0 Å². The van der Waals surface area contributed by atoms with Gasteiger partial charge >= 0.3 is 0 Å². The first-order valence-electron chi connectivity index (χ1n) is 33.0. The lowest BCUT2D eigenvalue weighted by atomic mass is 9.33. The minimum absolute atomic E-state index is 0.278. The molecule has 20 rings (SSSR count). The fourth-order valence-corrected chi connectivity index (χ4v) is 17.1. The highest BCUT2D eigenvalue weighted by Crippen LogP contribution is 2.55. The van der Waals surface area contributed by atoms with Gasteiger partial charge < -0.3 is 18.8 Å². The second-order valence-electron chi connectivity index (χ2n) is 25.4. The molecule has 0 unspecified atom stereocenters. The lowest BCUT2D eigenvalue weighted by Gasteiger charge is -2.46. The third-order valence-corrected chi connectivity index (χ3v) is 21.3. The van der Waals surface area contributed by atoms with Crippen molar-refractivity contribution in [3.05, 3.63) is 340 Å². The van der Waals surface area contributed by atoms with E-state index in [2.05, 4.69) is 354 Å². The molecule has 15 aromatic carbocycles. The van der Waals surface area contributed by atoms with E-state index in [1.54, 1.807) is 0 Å². The molecule has 0 spiro atoms. The van der Waals surface area contributed by atoms with Crippen LogP contribution in [0.4, 0.5) is 34.1 Å². The van der Waals surface area contributed by atoms with Crippen molar-refractivity contribution in [3.63, 3.8) is 0 Å². The smallest absolute Gasteiger partial charge is 0.252 e. The Morgan fingerprint density at radius 2 is 0.729 bits per heavy atom. The molecule has 2 aliphatic heterocycles. The number of anilines is 6. The highest BCUT2D eigenvalue weighted by Gasteiger charge is 2.46. The van der Waals surface area contributed by atoms with Crippen molar-refractivity contribution in [3.8, 4) is 72.4 Å². The van der Waals surface area contributed by atoms with Crippen LogP contribution in [0.25, 0.3) is 136 Å². The highest BCUT2D eigenvalue weighted by atomic mass is 32.1. The average Bonchev–Trinajstić information content (AvgIpc) is 0.808. The number of hydrogen-bond donors (Lipinski definition) is 0. The summed E-state index contributed by atoms with van der Waals surface area (Å²) < 4.78 is 12.0. The molecule has 0 N–H and O–H groups in total. The second-order valence-corrected chi connectivity index (χ2v) is 26.5. The summed E-state index contributed by atoms with van der Waals surface area (Å²) in [6.07, 6.45) is 0. The van der Waals surface area contributed by atoms with Gasteiger partial charge in [0.1, 0.15) is 11.2 Å². The molecular weight excluding hydrogens is 1180 g/mol. The third kappa shape index (κ3) is 8.35. The second kappa shape index (κ2) is 21.7. The summed E-state index contributed by atoms with van der Waals surface area (Å²) in [5.41, 5.74) is 28.8. The van der Waals surface area contributed by atoms with Crippen LogP contribution in [0.15, 0.2) is 344 Å². The monoisotopic (exact) mass is 1240 g/mol. The lowest BCUT2D eigenvalue weighted by molar-refractivity contribution is 0.670. The summed E-state index contributed by atoms with van der Waals surface area (Å²) in [6.45, 7) is -0.278. The molecule has 4 nitrogen and oxygen atoms in total. The SMILES string of the molecule is c1ccc(-c2cccc(-c3ccccc3)c2N2c3ccc(-c4cccc5c4oc4ccccc45)cc3B3c4ccc(-c5ccc6sc7ccccc7c6c5)cc4N(c4c(-c5ccccc5)cccc4-c4ccccc4)c4cc(-n5c6ccccc6c6ccccc65)cc2c43)cc1. The summed E-state index contributed by atoms with van der Waals surface area (Å²) >= 11 is 1.86. The lowest BCUT2D eigenvalue weighted by Crippen LogP contribution is -2.61. The van der Waals surface area contributed by atoms with E-state index in [9.17, 15) is 0 Å². The van der Waals surface area contributed by atoms with E-state index < -0.39 is 0 Å². The van der Waals surface area contributed by atoms with Crippen molar-refractivity contribution >= 4 is 132 Å². The van der Waals surface area contributed by atoms with Crippen molar-refractivity contribution in [2.24, 2.45) is 0 Å². The summed E-state index contributed by atoms with van der Waals surface area (Å²) in [6, 6.07) is 126. The Morgan fingerprint density at radius 3 is 1.33 bits per heavy atom. The third-order valence-electron chi connectivity index (χ3n) is 20.2. The number of para-hydroxylation sites is 6. The van der Waals surface area contributed by atoms with Gasteiger partial charge in [0.2, 0.25) is 0 Å². The van der Waals surface area contributed by atoms with E-state index in [-0.39, 0.29) is 6.71 Å². The predicted molar refractivity (Wildman–Crippen MR) is 408 cm³/mol. The van der Waals surface area contributed by atoms with Crippen LogP contribution in [0.2, 0.25) is 0 Å². The van der Waals surface area contributed by atoms with Crippen molar-refractivity contribution in [2.75, 3.05) is 9.80 Å². The van der Waals surface area contributed by atoms with Crippen LogP contribution >= 0.6 is 11.3 Å². The first-order chi connectivity index (χ1) is 47.6. The molecule has 0 amide bonds. The quantitative estimate of drug-likeness (QED) is 0.135. The van der Waals surface area contributed by atoms with Crippen molar-refractivity contribution < 1.29 is 4.42 Å². The van der Waals surface area contributed by atoms with Crippen LogP contribution in [0, 0.1) is 0 Å². The number of aromatic nitrogens is 1. The topological polar surface area (TPSA) is 24.6 Å². The minimum atomic E-state index is -0.278. The number of fused-ring (bicyclic) bond motifs is 13. The Labute approximate surface area is 559 Å². The van der Waals surface area contributed by atoms with Gasteiger partial charge in [-0.1, -0.05) is 279 Å².